The zero-order valence-electron chi connectivity index (χ0n) is 16.6. The van der Waals surface area contributed by atoms with Crippen LogP contribution in [0.2, 0.25) is 0 Å². The summed E-state index contributed by atoms with van der Waals surface area (Å²) in [6.07, 6.45) is 2.22. The summed E-state index contributed by atoms with van der Waals surface area (Å²) < 4.78 is 11.7. The number of nitrogens with one attached hydrogen (secondary N) is 1. The van der Waals surface area contributed by atoms with Crippen LogP contribution in [0.15, 0.2) is 66.7 Å². The number of rotatable bonds is 6. The Balaban J connectivity index is 1.36. The van der Waals surface area contributed by atoms with E-state index >= 15 is 0 Å². The second-order valence-corrected chi connectivity index (χ2v) is 7.42. The number of aryl methyl sites for hydroxylation is 2. The lowest BCUT2D eigenvalue weighted by atomic mass is 10.0. The lowest BCUT2D eigenvalue weighted by Gasteiger charge is -2.27. The minimum Gasteiger partial charge on any atom is -0.493 e. The van der Waals surface area contributed by atoms with Crippen LogP contribution < -0.4 is 14.8 Å². The standard InChI is InChI=1S/C25H27NO2/c1-18-9-11-20(12-10-18)22-7-3-5-19(15-22)16-26-17-23-14-13-21-6-4-8-24(27-2)25(21)28-23/h3-12,15,23,26H,13-14,16-17H2,1-2H3. The Morgan fingerprint density at radius 3 is 2.64 bits per heavy atom. The van der Waals surface area contributed by atoms with E-state index in [0.717, 1.165) is 37.4 Å². The van der Waals surface area contributed by atoms with Gasteiger partial charge < -0.3 is 14.8 Å². The smallest absolute Gasteiger partial charge is 0.164 e. The maximum Gasteiger partial charge on any atom is 0.164 e. The first-order valence-corrected chi connectivity index (χ1v) is 9.92. The highest BCUT2D eigenvalue weighted by Gasteiger charge is 2.22. The van der Waals surface area contributed by atoms with Crippen molar-refractivity contribution in [2.75, 3.05) is 13.7 Å². The van der Waals surface area contributed by atoms with E-state index in [1.165, 1.54) is 27.8 Å². The molecule has 0 saturated heterocycles. The fourth-order valence-corrected chi connectivity index (χ4v) is 3.72. The topological polar surface area (TPSA) is 30.5 Å². The molecule has 0 bridgehead atoms. The molecule has 0 radical (unpaired) electrons. The van der Waals surface area contributed by atoms with Crippen LogP contribution in [0.25, 0.3) is 11.1 Å². The van der Waals surface area contributed by atoms with Gasteiger partial charge in [-0.2, -0.15) is 0 Å². The van der Waals surface area contributed by atoms with Crippen LogP contribution in [0.1, 0.15) is 23.1 Å². The maximum atomic E-state index is 6.21. The lowest BCUT2D eigenvalue weighted by Crippen LogP contribution is -2.34. The SMILES string of the molecule is COc1cccc2c1OC(CNCc1cccc(-c3ccc(C)cc3)c1)CC2. The molecule has 0 spiro atoms. The summed E-state index contributed by atoms with van der Waals surface area (Å²) in [6.45, 7) is 3.77. The van der Waals surface area contributed by atoms with Crippen LogP contribution >= 0.6 is 0 Å². The second-order valence-electron chi connectivity index (χ2n) is 7.42. The fourth-order valence-electron chi connectivity index (χ4n) is 3.72. The van der Waals surface area contributed by atoms with Crippen molar-refractivity contribution in [2.24, 2.45) is 0 Å². The van der Waals surface area contributed by atoms with Crippen molar-refractivity contribution in [3.8, 4) is 22.6 Å². The van der Waals surface area contributed by atoms with Gasteiger partial charge in [-0.15, -0.1) is 0 Å². The first kappa shape index (κ1) is 18.6. The van der Waals surface area contributed by atoms with Gasteiger partial charge in [-0.05, 0) is 54.2 Å². The second kappa shape index (κ2) is 8.49. The zero-order chi connectivity index (χ0) is 19.3. The summed E-state index contributed by atoms with van der Waals surface area (Å²) in [6, 6.07) is 23.5. The van der Waals surface area contributed by atoms with Crippen molar-refractivity contribution in [2.45, 2.75) is 32.4 Å². The van der Waals surface area contributed by atoms with Crippen LogP contribution in [-0.4, -0.2) is 19.8 Å². The third-order valence-electron chi connectivity index (χ3n) is 5.31. The highest BCUT2D eigenvalue weighted by Crippen LogP contribution is 2.36. The van der Waals surface area contributed by atoms with Gasteiger partial charge in [0, 0.05) is 13.1 Å². The summed E-state index contributed by atoms with van der Waals surface area (Å²) in [7, 11) is 1.70. The molecular weight excluding hydrogens is 346 g/mol. The van der Waals surface area contributed by atoms with E-state index in [1.807, 2.05) is 12.1 Å². The highest BCUT2D eigenvalue weighted by atomic mass is 16.5. The average molecular weight is 373 g/mol. The van der Waals surface area contributed by atoms with Gasteiger partial charge >= 0.3 is 0 Å². The van der Waals surface area contributed by atoms with E-state index in [1.54, 1.807) is 7.11 Å². The van der Waals surface area contributed by atoms with Gasteiger partial charge in [0.25, 0.3) is 0 Å². The van der Waals surface area contributed by atoms with Gasteiger partial charge in [0.1, 0.15) is 6.10 Å². The number of hydrogen-bond donors (Lipinski definition) is 1. The van der Waals surface area contributed by atoms with Crippen molar-refractivity contribution in [1.82, 2.24) is 5.32 Å². The van der Waals surface area contributed by atoms with Gasteiger partial charge in [-0.25, -0.2) is 0 Å². The quantitative estimate of drug-likeness (QED) is 0.648. The Kier molecular flexibility index (Phi) is 5.63. The molecule has 0 fully saturated rings. The predicted molar refractivity (Wildman–Crippen MR) is 114 cm³/mol. The summed E-state index contributed by atoms with van der Waals surface area (Å²) in [4.78, 5) is 0. The third kappa shape index (κ3) is 4.20. The van der Waals surface area contributed by atoms with Crippen molar-refractivity contribution < 1.29 is 9.47 Å². The Morgan fingerprint density at radius 1 is 1.00 bits per heavy atom. The van der Waals surface area contributed by atoms with Crippen LogP contribution in [0.4, 0.5) is 0 Å². The third-order valence-corrected chi connectivity index (χ3v) is 5.31. The average Bonchev–Trinajstić information content (AvgIpc) is 2.74. The molecule has 144 valence electrons. The molecule has 4 rings (SSSR count). The number of benzene rings is 3. The minimum absolute atomic E-state index is 0.170. The minimum atomic E-state index is 0.170. The number of fused-ring (bicyclic) bond motifs is 1. The van der Waals surface area contributed by atoms with E-state index < -0.39 is 0 Å². The monoisotopic (exact) mass is 373 g/mol. The molecule has 28 heavy (non-hydrogen) atoms. The van der Waals surface area contributed by atoms with Crippen molar-refractivity contribution in [1.29, 1.82) is 0 Å². The Labute approximate surface area is 167 Å². The molecule has 1 atom stereocenters. The van der Waals surface area contributed by atoms with Gasteiger partial charge in [0.15, 0.2) is 11.5 Å². The predicted octanol–water partition coefficient (Wildman–Crippen LogP) is 5.15. The molecule has 1 heterocycles. The van der Waals surface area contributed by atoms with Crippen LogP contribution in [0, 0.1) is 6.92 Å². The molecule has 0 saturated carbocycles. The Hall–Kier alpha value is -2.78. The molecule has 3 aromatic rings. The lowest BCUT2D eigenvalue weighted by molar-refractivity contribution is 0.163. The molecule has 0 amide bonds. The number of ether oxygens (including phenoxy) is 2. The molecule has 3 aromatic carbocycles. The summed E-state index contributed by atoms with van der Waals surface area (Å²) in [5.74, 6) is 1.73. The zero-order valence-corrected chi connectivity index (χ0v) is 16.6. The van der Waals surface area contributed by atoms with Crippen LogP contribution in [0.5, 0.6) is 11.5 Å². The van der Waals surface area contributed by atoms with E-state index in [4.69, 9.17) is 9.47 Å². The first-order chi connectivity index (χ1) is 13.7. The number of hydrogen-bond acceptors (Lipinski definition) is 3. The van der Waals surface area contributed by atoms with E-state index in [9.17, 15) is 0 Å². The molecular formula is C25H27NO2. The highest BCUT2D eigenvalue weighted by molar-refractivity contribution is 5.64. The maximum absolute atomic E-state index is 6.21. The van der Waals surface area contributed by atoms with Gasteiger partial charge in [0.2, 0.25) is 0 Å². The summed E-state index contributed by atoms with van der Waals surface area (Å²) >= 11 is 0. The van der Waals surface area contributed by atoms with Crippen molar-refractivity contribution >= 4 is 0 Å². The van der Waals surface area contributed by atoms with E-state index in [0.29, 0.717) is 0 Å². The van der Waals surface area contributed by atoms with Crippen molar-refractivity contribution in [3.05, 3.63) is 83.4 Å². The Bertz CT molecular complexity index is 919. The molecule has 1 aliphatic rings. The van der Waals surface area contributed by atoms with Crippen LogP contribution in [0.3, 0.4) is 0 Å². The fraction of sp³-hybridized carbons (Fsp3) is 0.280. The van der Waals surface area contributed by atoms with Gasteiger partial charge in [-0.3, -0.25) is 0 Å². The first-order valence-electron chi connectivity index (χ1n) is 9.92. The number of para-hydroxylation sites is 1. The largest absolute Gasteiger partial charge is 0.493 e. The molecule has 0 aliphatic carbocycles. The number of methoxy groups -OCH3 is 1. The van der Waals surface area contributed by atoms with Gasteiger partial charge in [-0.1, -0.05) is 60.2 Å². The molecule has 1 aliphatic heterocycles. The van der Waals surface area contributed by atoms with Crippen LogP contribution in [-0.2, 0) is 13.0 Å². The molecule has 3 heteroatoms. The Morgan fingerprint density at radius 2 is 1.82 bits per heavy atom. The van der Waals surface area contributed by atoms with Gasteiger partial charge in [0.05, 0.1) is 7.11 Å². The summed E-state index contributed by atoms with van der Waals surface area (Å²) in [5, 5.41) is 3.56. The molecule has 0 aromatic heterocycles. The van der Waals surface area contributed by atoms with Crippen molar-refractivity contribution in [3.63, 3.8) is 0 Å². The van der Waals surface area contributed by atoms with E-state index in [-0.39, 0.29) is 6.10 Å². The molecule has 3 nitrogen and oxygen atoms in total. The summed E-state index contributed by atoms with van der Waals surface area (Å²) in [5.41, 5.74) is 6.32. The normalized spacial score (nSPS) is 15.6. The molecule has 1 N–H and O–H groups in total. The molecule has 1 unspecified atom stereocenters. The van der Waals surface area contributed by atoms with E-state index in [2.05, 4.69) is 66.8 Å².